The first-order valence-corrected chi connectivity index (χ1v) is 13.7. The highest BCUT2D eigenvalue weighted by Gasteiger charge is 2.32. The van der Waals surface area contributed by atoms with Crippen molar-refractivity contribution in [1.82, 2.24) is 10.2 Å². The normalized spacial score (nSPS) is 12.7. The molecule has 0 aromatic heterocycles. The Morgan fingerprint density at radius 3 is 2.34 bits per heavy atom. The Bertz CT molecular complexity index is 1270. The molecule has 0 fully saturated rings. The molecule has 13 heteroatoms. The number of nitro groups is 1. The van der Waals surface area contributed by atoms with Gasteiger partial charge in [-0.3, -0.25) is 24.0 Å². The van der Waals surface area contributed by atoms with Crippen LogP contribution in [0.1, 0.15) is 32.8 Å². The summed E-state index contributed by atoms with van der Waals surface area (Å²) < 4.78 is 36.8. The van der Waals surface area contributed by atoms with Gasteiger partial charge in [0.25, 0.3) is 5.69 Å². The van der Waals surface area contributed by atoms with Crippen LogP contribution in [0.2, 0.25) is 0 Å². The van der Waals surface area contributed by atoms with Gasteiger partial charge in [0.1, 0.15) is 29.8 Å². The predicted octanol–water partition coefficient (Wildman–Crippen LogP) is 2.71. The van der Waals surface area contributed by atoms with Gasteiger partial charge in [-0.05, 0) is 44.0 Å². The van der Waals surface area contributed by atoms with Crippen LogP contribution in [0.25, 0.3) is 0 Å². The molecule has 2 aromatic carbocycles. The van der Waals surface area contributed by atoms with Crippen molar-refractivity contribution in [1.29, 1.82) is 0 Å². The van der Waals surface area contributed by atoms with Crippen LogP contribution < -0.4 is 19.1 Å². The SMILES string of the molecule is CC[C@@H](C)NC(=O)[C@H](C)N(Cc1cccc(OC)c1)C(=O)CN(c1cc([N+](=O)[O-])ccc1OC)S(C)(=O)=O. The smallest absolute Gasteiger partial charge is 0.271 e. The van der Waals surface area contributed by atoms with Crippen LogP contribution in [0.5, 0.6) is 11.5 Å². The largest absolute Gasteiger partial charge is 0.497 e. The van der Waals surface area contributed by atoms with Crippen molar-refractivity contribution in [3.8, 4) is 11.5 Å². The quantitative estimate of drug-likeness (QED) is 0.296. The maximum atomic E-state index is 13.7. The summed E-state index contributed by atoms with van der Waals surface area (Å²) in [5.74, 6) is -0.533. The third kappa shape index (κ3) is 7.81. The third-order valence-corrected chi connectivity index (χ3v) is 7.10. The number of carbonyl (C=O) groups is 2. The highest BCUT2D eigenvalue weighted by atomic mass is 32.2. The van der Waals surface area contributed by atoms with Crippen molar-refractivity contribution >= 4 is 33.2 Å². The Kier molecular flexibility index (Phi) is 10.5. The van der Waals surface area contributed by atoms with E-state index in [1.165, 1.54) is 31.3 Å². The van der Waals surface area contributed by atoms with Crippen LogP contribution in [0.3, 0.4) is 0 Å². The minimum absolute atomic E-state index is 0.0190. The van der Waals surface area contributed by atoms with Gasteiger partial charge in [0.15, 0.2) is 0 Å². The number of nitrogens with zero attached hydrogens (tertiary/aromatic N) is 3. The summed E-state index contributed by atoms with van der Waals surface area (Å²) in [4.78, 5) is 38.6. The lowest BCUT2D eigenvalue weighted by Gasteiger charge is -2.32. The molecule has 0 saturated carbocycles. The molecule has 12 nitrogen and oxygen atoms in total. The van der Waals surface area contributed by atoms with E-state index in [0.717, 1.165) is 16.6 Å². The van der Waals surface area contributed by atoms with Gasteiger partial charge >= 0.3 is 0 Å². The lowest BCUT2D eigenvalue weighted by atomic mass is 10.1. The summed E-state index contributed by atoms with van der Waals surface area (Å²) in [6.07, 6.45) is 1.56. The molecule has 2 atom stereocenters. The summed E-state index contributed by atoms with van der Waals surface area (Å²) in [6.45, 7) is 4.55. The zero-order valence-electron chi connectivity index (χ0n) is 22.3. The number of nitrogens with one attached hydrogen (secondary N) is 1. The summed E-state index contributed by atoms with van der Waals surface area (Å²) >= 11 is 0. The minimum Gasteiger partial charge on any atom is -0.497 e. The van der Waals surface area contributed by atoms with Gasteiger partial charge in [0, 0.05) is 24.7 Å². The predicted molar refractivity (Wildman–Crippen MR) is 143 cm³/mol. The van der Waals surface area contributed by atoms with E-state index in [0.29, 0.717) is 17.7 Å². The fourth-order valence-electron chi connectivity index (χ4n) is 3.60. The van der Waals surface area contributed by atoms with Gasteiger partial charge in [-0.1, -0.05) is 19.1 Å². The van der Waals surface area contributed by atoms with E-state index < -0.39 is 39.3 Å². The number of nitro benzene ring substituents is 1. The van der Waals surface area contributed by atoms with E-state index in [4.69, 9.17) is 9.47 Å². The number of sulfonamides is 1. The molecule has 0 radical (unpaired) electrons. The standard InChI is InChI=1S/C25H34N4O8S/c1-7-17(2)26-25(31)18(3)27(15-19-9-8-10-21(13-19)36-4)24(30)16-28(38(6,34)35)22-14-20(29(32)33)11-12-23(22)37-5/h8-14,17-18H,7,15-16H2,1-6H3,(H,26,31)/t17-,18+/m1/s1. The molecular formula is C25H34N4O8S. The first kappa shape index (κ1) is 30.4. The molecule has 0 unspecified atom stereocenters. The van der Waals surface area contributed by atoms with Crippen molar-refractivity contribution in [3.63, 3.8) is 0 Å². The number of benzene rings is 2. The molecule has 38 heavy (non-hydrogen) atoms. The molecule has 0 saturated heterocycles. The number of hydrogen-bond acceptors (Lipinski definition) is 8. The van der Waals surface area contributed by atoms with Crippen LogP contribution >= 0.6 is 0 Å². The molecular weight excluding hydrogens is 516 g/mol. The average molecular weight is 551 g/mol. The second-order valence-electron chi connectivity index (χ2n) is 8.75. The van der Waals surface area contributed by atoms with Gasteiger partial charge in [0.05, 0.1) is 25.4 Å². The Morgan fingerprint density at radius 2 is 1.79 bits per heavy atom. The van der Waals surface area contributed by atoms with Crippen LogP contribution in [-0.2, 0) is 26.2 Å². The van der Waals surface area contributed by atoms with Crippen molar-refractivity contribution in [2.24, 2.45) is 0 Å². The molecule has 0 aliphatic heterocycles. The zero-order valence-corrected chi connectivity index (χ0v) is 23.1. The highest BCUT2D eigenvalue weighted by molar-refractivity contribution is 7.92. The molecule has 0 aliphatic carbocycles. The van der Waals surface area contributed by atoms with Crippen LogP contribution in [0, 0.1) is 10.1 Å². The third-order valence-electron chi connectivity index (χ3n) is 5.98. The van der Waals surface area contributed by atoms with E-state index in [-0.39, 0.29) is 29.7 Å². The van der Waals surface area contributed by atoms with Gasteiger partial charge in [-0.25, -0.2) is 8.42 Å². The molecule has 1 N–H and O–H groups in total. The molecule has 2 rings (SSSR count). The molecule has 0 bridgehead atoms. The van der Waals surface area contributed by atoms with E-state index in [1.807, 2.05) is 13.8 Å². The molecule has 2 amide bonds. The van der Waals surface area contributed by atoms with Gasteiger partial charge in [0.2, 0.25) is 21.8 Å². The number of amides is 2. The maximum absolute atomic E-state index is 13.7. The Balaban J connectivity index is 2.53. The lowest BCUT2D eigenvalue weighted by molar-refractivity contribution is -0.384. The summed E-state index contributed by atoms with van der Waals surface area (Å²) in [5.41, 5.74) is 0.103. The maximum Gasteiger partial charge on any atom is 0.271 e. The number of anilines is 1. The Morgan fingerprint density at radius 1 is 1.11 bits per heavy atom. The Hall–Kier alpha value is -3.87. The number of carbonyl (C=O) groups excluding carboxylic acids is 2. The first-order valence-electron chi connectivity index (χ1n) is 11.8. The zero-order chi connectivity index (χ0) is 28.6. The number of ether oxygens (including phenoxy) is 2. The second kappa shape index (κ2) is 13.1. The van der Waals surface area contributed by atoms with E-state index in [9.17, 15) is 28.1 Å². The number of hydrogen-bond donors (Lipinski definition) is 1. The van der Waals surface area contributed by atoms with E-state index in [2.05, 4.69) is 5.32 Å². The van der Waals surface area contributed by atoms with Gasteiger partial charge in [-0.15, -0.1) is 0 Å². The van der Waals surface area contributed by atoms with E-state index in [1.54, 1.807) is 31.2 Å². The fraction of sp³-hybridized carbons (Fsp3) is 0.440. The Labute approximate surface area is 222 Å². The van der Waals surface area contributed by atoms with Crippen molar-refractivity contribution in [2.75, 3.05) is 31.3 Å². The molecule has 0 spiro atoms. The van der Waals surface area contributed by atoms with Crippen LogP contribution in [0.4, 0.5) is 11.4 Å². The van der Waals surface area contributed by atoms with Crippen molar-refractivity contribution < 1.29 is 32.4 Å². The topological polar surface area (TPSA) is 148 Å². The summed E-state index contributed by atoms with van der Waals surface area (Å²) in [7, 11) is -1.33. The van der Waals surface area contributed by atoms with Gasteiger partial charge < -0.3 is 19.7 Å². The summed E-state index contributed by atoms with van der Waals surface area (Å²) in [5, 5.41) is 14.2. The molecule has 208 valence electrons. The number of rotatable bonds is 13. The fourth-order valence-corrected chi connectivity index (χ4v) is 4.44. The molecule has 2 aromatic rings. The first-order chi connectivity index (χ1) is 17.8. The lowest BCUT2D eigenvalue weighted by Crippen LogP contribution is -2.52. The van der Waals surface area contributed by atoms with Gasteiger partial charge in [-0.2, -0.15) is 0 Å². The van der Waals surface area contributed by atoms with Crippen LogP contribution in [0.15, 0.2) is 42.5 Å². The minimum atomic E-state index is -4.11. The molecule has 0 aliphatic rings. The average Bonchev–Trinajstić information content (AvgIpc) is 2.88. The highest BCUT2D eigenvalue weighted by Crippen LogP contribution is 2.34. The monoisotopic (exact) mass is 550 g/mol. The summed E-state index contributed by atoms with van der Waals surface area (Å²) in [6, 6.07) is 9.27. The second-order valence-corrected chi connectivity index (χ2v) is 10.7. The number of methoxy groups -OCH3 is 2. The number of non-ortho nitro benzene ring substituents is 1. The van der Waals surface area contributed by atoms with Crippen molar-refractivity contribution in [3.05, 3.63) is 58.1 Å². The van der Waals surface area contributed by atoms with Crippen molar-refractivity contribution in [2.45, 2.75) is 45.8 Å². The molecule has 0 heterocycles. The van der Waals surface area contributed by atoms with E-state index >= 15 is 0 Å². The van der Waals surface area contributed by atoms with Crippen LogP contribution in [-0.4, -0.2) is 69.2 Å².